The van der Waals surface area contributed by atoms with E-state index in [1.165, 1.54) is 0 Å². The summed E-state index contributed by atoms with van der Waals surface area (Å²) in [6, 6.07) is 17.1. The zero-order valence-electron chi connectivity index (χ0n) is 15.4. The molecular weight excluding hydrogens is 344 g/mol. The number of carbonyl (C=O) groups excluding carboxylic acids is 1. The van der Waals surface area contributed by atoms with Crippen LogP contribution in [0.5, 0.6) is 5.75 Å². The molecule has 2 aromatic carbocycles. The van der Waals surface area contributed by atoms with Crippen LogP contribution in [0.2, 0.25) is 0 Å². The van der Waals surface area contributed by atoms with Crippen LogP contribution in [0.4, 0.5) is 0 Å². The lowest BCUT2D eigenvalue weighted by Gasteiger charge is -2.08. The fourth-order valence-corrected chi connectivity index (χ4v) is 2.50. The van der Waals surface area contributed by atoms with E-state index in [0.717, 1.165) is 22.4 Å². The van der Waals surface area contributed by atoms with Crippen molar-refractivity contribution >= 4 is 5.91 Å². The second-order valence-electron chi connectivity index (χ2n) is 6.11. The van der Waals surface area contributed by atoms with Crippen LogP contribution in [-0.4, -0.2) is 31.4 Å². The average Bonchev–Trinajstić information content (AvgIpc) is 3.17. The predicted molar refractivity (Wildman–Crippen MR) is 102 cm³/mol. The first kappa shape index (κ1) is 18.7. The minimum atomic E-state index is -0.313. The van der Waals surface area contributed by atoms with Crippen molar-refractivity contribution in [3.05, 3.63) is 71.5 Å². The number of carbonyl (C=O) groups is 1. The van der Waals surface area contributed by atoms with Gasteiger partial charge in [0.25, 0.3) is 5.91 Å². The van der Waals surface area contributed by atoms with E-state index in [9.17, 15) is 4.79 Å². The van der Waals surface area contributed by atoms with E-state index >= 15 is 0 Å². The second kappa shape index (κ2) is 9.00. The van der Waals surface area contributed by atoms with Gasteiger partial charge in [-0.25, -0.2) is 0 Å². The highest BCUT2D eigenvalue weighted by molar-refractivity contribution is 5.92. The molecule has 6 nitrogen and oxygen atoms in total. The second-order valence-corrected chi connectivity index (χ2v) is 6.11. The van der Waals surface area contributed by atoms with Gasteiger partial charge in [-0.15, -0.1) is 0 Å². The summed E-state index contributed by atoms with van der Waals surface area (Å²) in [5.41, 5.74) is 3.63. The van der Waals surface area contributed by atoms with Crippen LogP contribution in [0.15, 0.2) is 59.1 Å². The molecule has 0 aliphatic carbocycles. The Hall–Kier alpha value is -3.12. The van der Waals surface area contributed by atoms with E-state index in [-0.39, 0.29) is 11.7 Å². The third-order valence-electron chi connectivity index (χ3n) is 3.99. The first-order valence-corrected chi connectivity index (χ1v) is 8.68. The van der Waals surface area contributed by atoms with Gasteiger partial charge >= 0.3 is 0 Å². The van der Waals surface area contributed by atoms with E-state index in [2.05, 4.69) is 10.5 Å². The van der Waals surface area contributed by atoms with Crippen LogP contribution in [0.3, 0.4) is 0 Å². The molecule has 27 heavy (non-hydrogen) atoms. The molecule has 3 aromatic rings. The summed E-state index contributed by atoms with van der Waals surface area (Å²) in [4.78, 5) is 12.3. The van der Waals surface area contributed by atoms with Crippen molar-refractivity contribution in [2.45, 2.75) is 13.5 Å². The highest BCUT2D eigenvalue weighted by Gasteiger charge is 2.14. The van der Waals surface area contributed by atoms with Crippen molar-refractivity contribution < 1.29 is 18.8 Å². The Morgan fingerprint density at radius 2 is 1.93 bits per heavy atom. The minimum Gasteiger partial charge on any atom is -0.491 e. The van der Waals surface area contributed by atoms with Crippen LogP contribution in [0.1, 0.15) is 21.7 Å². The number of amides is 1. The van der Waals surface area contributed by atoms with Gasteiger partial charge in [0.2, 0.25) is 5.76 Å². The molecule has 1 amide bonds. The lowest BCUT2D eigenvalue weighted by Crippen LogP contribution is -2.22. The number of hydrogen-bond acceptors (Lipinski definition) is 5. The van der Waals surface area contributed by atoms with Crippen LogP contribution in [0.25, 0.3) is 11.3 Å². The molecule has 0 aliphatic rings. The Morgan fingerprint density at radius 1 is 1.11 bits per heavy atom. The third-order valence-corrected chi connectivity index (χ3v) is 3.99. The molecule has 1 heterocycles. The molecule has 6 heteroatoms. The molecule has 0 radical (unpaired) electrons. The van der Waals surface area contributed by atoms with Crippen LogP contribution in [-0.2, 0) is 11.3 Å². The molecule has 1 aromatic heterocycles. The number of ether oxygens (including phenoxy) is 2. The number of methoxy groups -OCH3 is 1. The number of rotatable bonds is 8. The van der Waals surface area contributed by atoms with Gasteiger partial charge < -0.3 is 19.3 Å². The monoisotopic (exact) mass is 366 g/mol. The summed E-state index contributed by atoms with van der Waals surface area (Å²) < 4.78 is 15.7. The van der Waals surface area contributed by atoms with Crippen molar-refractivity contribution in [2.24, 2.45) is 0 Å². The van der Waals surface area contributed by atoms with Gasteiger partial charge in [0.1, 0.15) is 18.1 Å². The molecule has 140 valence electrons. The van der Waals surface area contributed by atoms with Crippen LogP contribution < -0.4 is 10.1 Å². The molecule has 0 saturated heterocycles. The molecule has 0 aliphatic heterocycles. The normalized spacial score (nSPS) is 10.6. The Balaban J connectivity index is 1.58. The first-order valence-electron chi connectivity index (χ1n) is 8.68. The summed E-state index contributed by atoms with van der Waals surface area (Å²) in [7, 11) is 1.63. The predicted octanol–water partition coefficient (Wildman–Crippen LogP) is 3.61. The van der Waals surface area contributed by atoms with Crippen molar-refractivity contribution in [3.8, 4) is 17.0 Å². The number of benzene rings is 2. The summed E-state index contributed by atoms with van der Waals surface area (Å²) in [5, 5.41) is 6.81. The molecule has 3 rings (SSSR count). The number of hydrogen-bond donors (Lipinski definition) is 1. The Labute approximate surface area is 158 Å². The third kappa shape index (κ3) is 5.18. The van der Waals surface area contributed by atoms with Crippen molar-refractivity contribution in [1.29, 1.82) is 0 Å². The summed E-state index contributed by atoms with van der Waals surface area (Å²) in [6.45, 7) is 3.38. The number of nitrogens with zero attached hydrogens (tertiary/aromatic N) is 1. The quantitative estimate of drug-likeness (QED) is 0.617. The Morgan fingerprint density at radius 3 is 2.70 bits per heavy atom. The minimum absolute atomic E-state index is 0.179. The van der Waals surface area contributed by atoms with Gasteiger partial charge in [-0.3, -0.25) is 4.79 Å². The smallest absolute Gasteiger partial charge is 0.290 e. The fourth-order valence-electron chi connectivity index (χ4n) is 2.50. The molecule has 0 unspecified atom stereocenters. The highest BCUT2D eigenvalue weighted by atomic mass is 16.5. The number of aromatic nitrogens is 1. The summed E-state index contributed by atoms with van der Waals surface area (Å²) >= 11 is 0. The molecular formula is C21H22N2O4. The van der Waals surface area contributed by atoms with Gasteiger partial charge in [0.05, 0.1) is 6.61 Å². The SMILES string of the molecule is COCCOc1cccc(CNC(=O)c2cc(-c3ccc(C)cc3)no2)c1. The standard InChI is InChI=1S/C21H22N2O4/c1-15-6-8-17(9-7-15)19-13-20(27-23-19)21(24)22-14-16-4-3-5-18(12-16)26-11-10-25-2/h3-9,12-13H,10-11,14H2,1-2H3,(H,22,24). The van der Waals surface area contributed by atoms with Gasteiger partial charge in [-0.05, 0) is 24.6 Å². The first-order chi connectivity index (χ1) is 13.2. The Bertz CT molecular complexity index is 887. The lowest BCUT2D eigenvalue weighted by molar-refractivity contribution is 0.0914. The molecule has 0 spiro atoms. The Kier molecular flexibility index (Phi) is 6.22. The highest BCUT2D eigenvalue weighted by Crippen LogP contribution is 2.20. The molecule has 0 saturated carbocycles. The van der Waals surface area contributed by atoms with Crippen molar-refractivity contribution in [3.63, 3.8) is 0 Å². The van der Waals surface area contributed by atoms with E-state index < -0.39 is 0 Å². The topological polar surface area (TPSA) is 73.6 Å². The van der Waals surface area contributed by atoms with E-state index in [4.69, 9.17) is 14.0 Å². The summed E-state index contributed by atoms with van der Waals surface area (Å²) in [6.07, 6.45) is 0. The largest absolute Gasteiger partial charge is 0.491 e. The molecule has 0 bridgehead atoms. The lowest BCUT2D eigenvalue weighted by atomic mass is 10.1. The zero-order chi connectivity index (χ0) is 19.1. The molecule has 0 atom stereocenters. The number of aryl methyl sites for hydroxylation is 1. The maximum atomic E-state index is 12.3. The van der Waals surface area contributed by atoms with Crippen molar-refractivity contribution in [2.75, 3.05) is 20.3 Å². The maximum Gasteiger partial charge on any atom is 0.290 e. The van der Waals surface area contributed by atoms with Gasteiger partial charge in [-0.2, -0.15) is 0 Å². The molecule has 0 fully saturated rings. The van der Waals surface area contributed by atoms with Crippen LogP contribution >= 0.6 is 0 Å². The van der Waals surface area contributed by atoms with E-state index in [1.807, 2.05) is 55.5 Å². The fraction of sp³-hybridized carbons (Fsp3) is 0.238. The van der Waals surface area contributed by atoms with E-state index in [0.29, 0.717) is 25.5 Å². The van der Waals surface area contributed by atoms with E-state index in [1.54, 1.807) is 13.2 Å². The molecule has 1 N–H and O–H groups in total. The van der Waals surface area contributed by atoms with Crippen LogP contribution in [0, 0.1) is 6.92 Å². The van der Waals surface area contributed by atoms with Gasteiger partial charge in [0.15, 0.2) is 0 Å². The maximum absolute atomic E-state index is 12.3. The zero-order valence-corrected chi connectivity index (χ0v) is 15.4. The average molecular weight is 366 g/mol. The number of nitrogens with one attached hydrogen (secondary N) is 1. The van der Waals surface area contributed by atoms with Gasteiger partial charge in [0, 0.05) is 25.3 Å². The summed E-state index contributed by atoms with van der Waals surface area (Å²) in [5.74, 6) is 0.602. The van der Waals surface area contributed by atoms with Crippen molar-refractivity contribution in [1.82, 2.24) is 10.5 Å². The van der Waals surface area contributed by atoms with Gasteiger partial charge in [-0.1, -0.05) is 47.1 Å².